The normalized spacial score (nSPS) is 24.0. The summed E-state index contributed by atoms with van der Waals surface area (Å²) >= 11 is 0. The van der Waals surface area contributed by atoms with Crippen molar-refractivity contribution in [1.82, 2.24) is 10.2 Å². The van der Waals surface area contributed by atoms with Crippen LogP contribution < -0.4 is 5.32 Å². The average molecular weight is 286 g/mol. The number of piperidine rings is 1. The summed E-state index contributed by atoms with van der Waals surface area (Å²) in [6.07, 6.45) is 8.03. The van der Waals surface area contributed by atoms with Gasteiger partial charge in [-0.3, -0.25) is 4.90 Å². The number of nitrogens with one attached hydrogen (secondary N) is 1. The maximum atomic E-state index is 3.63. The van der Waals surface area contributed by atoms with Crippen LogP contribution in [0, 0.1) is 0 Å². The molecule has 2 atom stereocenters. The third kappa shape index (κ3) is 3.49. The van der Waals surface area contributed by atoms with Crippen molar-refractivity contribution in [3.05, 3.63) is 34.9 Å². The van der Waals surface area contributed by atoms with Crippen LogP contribution >= 0.6 is 0 Å². The third-order valence-electron chi connectivity index (χ3n) is 5.32. The molecule has 1 fully saturated rings. The third-order valence-corrected chi connectivity index (χ3v) is 5.32. The number of benzene rings is 1. The molecule has 2 heteroatoms. The molecule has 0 radical (unpaired) electrons. The van der Waals surface area contributed by atoms with E-state index in [1.807, 2.05) is 0 Å². The van der Waals surface area contributed by atoms with Crippen LogP contribution in [0.3, 0.4) is 0 Å². The van der Waals surface area contributed by atoms with Gasteiger partial charge in [0.1, 0.15) is 0 Å². The summed E-state index contributed by atoms with van der Waals surface area (Å²) in [5, 5.41) is 3.63. The summed E-state index contributed by atoms with van der Waals surface area (Å²) in [6, 6.07) is 8.53. The SMILES string of the molecule is CCNC(C)C1CCCCN1Cc1ccc2c(c1)CCC2. The minimum Gasteiger partial charge on any atom is -0.313 e. The van der Waals surface area contributed by atoms with Crippen molar-refractivity contribution in [2.24, 2.45) is 0 Å². The molecule has 3 rings (SSSR count). The minimum absolute atomic E-state index is 0.602. The quantitative estimate of drug-likeness (QED) is 0.891. The Balaban J connectivity index is 1.69. The van der Waals surface area contributed by atoms with Crippen molar-refractivity contribution >= 4 is 0 Å². The molecule has 0 aromatic heterocycles. The lowest BCUT2D eigenvalue weighted by Gasteiger charge is -2.39. The van der Waals surface area contributed by atoms with E-state index in [-0.39, 0.29) is 0 Å². The first kappa shape index (κ1) is 15.1. The molecule has 1 aromatic rings. The summed E-state index contributed by atoms with van der Waals surface area (Å²) in [6.45, 7) is 8.04. The Morgan fingerprint density at radius 2 is 2.05 bits per heavy atom. The van der Waals surface area contributed by atoms with Crippen LogP contribution in [-0.4, -0.2) is 30.1 Å². The molecule has 0 bridgehead atoms. The van der Waals surface area contributed by atoms with Crippen molar-refractivity contribution in [3.8, 4) is 0 Å². The molecule has 1 heterocycles. The molecule has 116 valence electrons. The molecule has 1 aliphatic carbocycles. The predicted octanol–water partition coefficient (Wildman–Crippen LogP) is 3.53. The Morgan fingerprint density at radius 3 is 2.90 bits per heavy atom. The van der Waals surface area contributed by atoms with Gasteiger partial charge in [0.2, 0.25) is 0 Å². The smallest absolute Gasteiger partial charge is 0.0250 e. The van der Waals surface area contributed by atoms with Crippen molar-refractivity contribution in [2.75, 3.05) is 13.1 Å². The van der Waals surface area contributed by atoms with Crippen molar-refractivity contribution < 1.29 is 0 Å². The van der Waals surface area contributed by atoms with Gasteiger partial charge in [-0.1, -0.05) is 31.5 Å². The Bertz CT molecular complexity index is 469. The first-order valence-corrected chi connectivity index (χ1v) is 8.86. The summed E-state index contributed by atoms with van der Waals surface area (Å²) < 4.78 is 0. The van der Waals surface area contributed by atoms with E-state index in [0.29, 0.717) is 12.1 Å². The first-order valence-electron chi connectivity index (χ1n) is 8.86. The highest BCUT2D eigenvalue weighted by molar-refractivity contribution is 5.35. The van der Waals surface area contributed by atoms with Gasteiger partial charge in [0.25, 0.3) is 0 Å². The first-order chi connectivity index (χ1) is 10.3. The Hall–Kier alpha value is -0.860. The molecule has 1 aromatic carbocycles. The fourth-order valence-corrected chi connectivity index (χ4v) is 4.20. The second-order valence-corrected chi connectivity index (χ2v) is 6.84. The highest BCUT2D eigenvalue weighted by Gasteiger charge is 2.27. The van der Waals surface area contributed by atoms with Crippen molar-refractivity contribution in [1.29, 1.82) is 0 Å². The van der Waals surface area contributed by atoms with Crippen molar-refractivity contribution in [3.63, 3.8) is 0 Å². The van der Waals surface area contributed by atoms with Gasteiger partial charge in [0.05, 0.1) is 0 Å². The zero-order chi connectivity index (χ0) is 14.7. The van der Waals surface area contributed by atoms with Crippen LogP contribution in [0.2, 0.25) is 0 Å². The van der Waals surface area contributed by atoms with Gasteiger partial charge in [-0.2, -0.15) is 0 Å². The lowest BCUT2D eigenvalue weighted by Crippen LogP contribution is -2.50. The van der Waals surface area contributed by atoms with Crippen LogP contribution in [0.25, 0.3) is 0 Å². The molecule has 1 N–H and O–H groups in total. The molecule has 21 heavy (non-hydrogen) atoms. The number of rotatable bonds is 5. The fourth-order valence-electron chi connectivity index (χ4n) is 4.20. The van der Waals surface area contributed by atoms with Crippen LogP contribution in [0.1, 0.15) is 56.2 Å². The van der Waals surface area contributed by atoms with Gasteiger partial charge in [0.15, 0.2) is 0 Å². The zero-order valence-electron chi connectivity index (χ0n) is 13.7. The highest BCUT2D eigenvalue weighted by atomic mass is 15.2. The van der Waals surface area contributed by atoms with E-state index in [9.17, 15) is 0 Å². The lowest BCUT2D eigenvalue weighted by molar-refractivity contribution is 0.112. The van der Waals surface area contributed by atoms with E-state index in [1.54, 1.807) is 11.1 Å². The van der Waals surface area contributed by atoms with Crippen molar-refractivity contribution in [2.45, 2.75) is 71.0 Å². The Labute approximate surface area is 129 Å². The van der Waals surface area contributed by atoms with Gasteiger partial charge >= 0.3 is 0 Å². The van der Waals surface area contributed by atoms with E-state index in [1.165, 1.54) is 50.6 Å². The van der Waals surface area contributed by atoms with E-state index < -0.39 is 0 Å². The largest absolute Gasteiger partial charge is 0.313 e. The molecule has 0 saturated carbocycles. The average Bonchev–Trinajstić information content (AvgIpc) is 2.95. The number of nitrogens with zero attached hydrogens (tertiary/aromatic N) is 1. The fraction of sp³-hybridized carbons (Fsp3) is 0.684. The number of hydrogen-bond acceptors (Lipinski definition) is 2. The van der Waals surface area contributed by atoms with Gasteiger partial charge in [-0.05, 0) is 68.8 Å². The van der Waals surface area contributed by atoms with Gasteiger partial charge in [0, 0.05) is 18.6 Å². The molecule has 2 nitrogen and oxygen atoms in total. The predicted molar refractivity (Wildman–Crippen MR) is 89.7 cm³/mol. The maximum absolute atomic E-state index is 3.63. The monoisotopic (exact) mass is 286 g/mol. The van der Waals surface area contributed by atoms with Gasteiger partial charge in [-0.25, -0.2) is 0 Å². The molecular weight excluding hydrogens is 256 g/mol. The lowest BCUT2D eigenvalue weighted by atomic mass is 9.95. The number of hydrogen-bond donors (Lipinski definition) is 1. The molecule has 2 aliphatic rings. The zero-order valence-corrected chi connectivity index (χ0v) is 13.7. The number of aryl methyl sites for hydroxylation is 2. The van der Waals surface area contributed by atoms with E-state index in [2.05, 4.69) is 42.3 Å². The number of likely N-dealkylation sites (tertiary alicyclic amines) is 1. The second-order valence-electron chi connectivity index (χ2n) is 6.84. The summed E-state index contributed by atoms with van der Waals surface area (Å²) in [5.74, 6) is 0. The molecular formula is C19H30N2. The Morgan fingerprint density at radius 1 is 1.19 bits per heavy atom. The molecule has 2 unspecified atom stereocenters. The van der Waals surface area contributed by atoms with Crippen LogP contribution in [0.4, 0.5) is 0 Å². The summed E-state index contributed by atoms with van der Waals surface area (Å²) in [7, 11) is 0. The van der Waals surface area contributed by atoms with Crippen LogP contribution in [0.15, 0.2) is 18.2 Å². The van der Waals surface area contributed by atoms with Crippen LogP contribution in [0.5, 0.6) is 0 Å². The maximum Gasteiger partial charge on any atom is 0.0250 e. The molecule has 0 amide bonds. The number of fused-ring (bicyclic) bond motifs is 1. The number of likely N-dealkylation sites (N-methyl/N-ethyl adjacent to an activating group) is 1. The van der Waals surface area contributed by atoms with Gasteiger partial charge < -0.3 is 5.32 Å². The molecule has 0 spiro atoms. The van der Waals surface area contributed by atoms with Gasteiger partial charge in [-0.15, -0.1) is 0 Å². The summed E-state index contributed by atoms with van der Waals surface area (Å²) in [4.78, 5) is 2.72. The van der Waals surface area contributed by atoms with E-state index in [0.717, 1.165) is 13.1 Å². The molecule has 1 saturated heterocycles. The minimum atomic E-state index is 0.602. The van der Waals surface area contributed by atoms with E-state index >= 15 is 0 Å². The topological polar surface area (TPSA) is 15.3 Å². The summed E-state index contributed by atoms with van der Waals surface area (Å²) in [5.41, 5.74) is 4.72. The van der Waals surface area contributed by atoms with E-state index in [4.69, 9.17) is 0 Å². The Kier molecular flexibility index (Phi) is 4.97. The standard InChI is InChI=1S/C19H30N2/c1-3-20-15(2)19-9-4-5-12-21(19)14-16-10-11-17-7-6-8-18(17)13-16/h10-11,13,15,19-20H,3-9,12,14H2,1-2H3. The second kappa shape index (κ2) is 6.93. The highest BCUT2D eigenvalue weighted by Crippen LogP contribution is 2.26. The van der Waals surface area contributed by atoms with Crippen LogP contribution in [-0.2, 0) is 19.4 Å². The molecule has 1 aliphatic heterocycles.